The van der Waals surface area contributed by atoms with Crippen LogP contribution in [0.4, 0.5) is 4.79 Å². The lowest BCUT2D eigenvalue weighted by Crippen LogP contribution is -2.02. The van der Waals surface area contributed by atoms with E-state index in [4.69, 9.17) is 9.52 Å². The molecule has 0 atom stereocenters. The molecule has 0 bridgehead atoms. The minimum atomic E-state index is -1.49. The average Bonchev–Trinajstić information content (AvgIpc) is 2.43. The van der Waals surface area contributed by atoms with Gasteiger partial charge in [-0.15, -0.1) is 0 Å². The summed E-state index contributed by atoms with van der Waals surface area (Å²) >= 11 is 0. The molecule has 0 fully saturated rings. The van der Waals surface area contributed by atoms with Gasteiger partial charge in [0.15, 0.2) is 0 Å². The topological polar surface area (TPSA) is 79.9 Å². The average molecular weight is 194 g/mol. The van der Waals surface area contributed by atoms with E-state index in [2.05, 4.69) is 4.74 Å². The Balaban J connectivity index is 2.62. The molecule has 0 aliphatic rings. The normalized spacial score (nSPS) is 10.3. The molecule has 2 aromatic rings. The van der Waals surface area contributed by atoms with Gasteiger partial charge in [-0.05, 0) is 12.1 Å². The molecule has 1 heterocycles. The van der Waals surface area contributed by atoms with Crippen LogP contribution < -0.4 is 4.74 Å². The van der Waals surface area contributed by atoms with Crippen molar-refractivity contribution < 1.29 is 24.2 Å². The third kappa shape index (κ3) is 1.24. The summed E-state index contributed by atoms with van der Waals surface area (Å²) < 4.78 is 9.24. The highest BCUT2D eigenvalue weighted by Crippen LogP contribution is 2.37. The summed E-state index contributed by atoms with van der Waals surface area (Å²) in [5.41, 5.74) is 0.376. The van der Waals surface area contributed by atoms with Gasteiger partial charge in [-0.1, -0.05) is 12.1 Å². The third-order valence-corrected chi connectivity index (χ3v) is 1.72. The first kappa shape index (κ1) is 8.43. The Bertz CT molecular complexity index is 485. The summed E-state index contributed by atoms with van der Waals surface area (Å²) in [6.45, 7) is 0. The Morgan fingerprint density at radius 3 is 2.79 bits per heavy atom. The summed E-state index contributed by atoms with van der Waals surface area (Å²) in [7, 11) is 0. The molecule has 1 aromatic heterocycles. The SMILES string of the molecule is O=C(O)Oc1c(O)oc2ccccc12. The number of hydrogen-bond donors (Lipinski definition) is 2. The number of carboxylic acid groups (broad SMARTS) is 1. The third-order valence-electron chi connectivity index (χ3n) is 1.72. The van der Waals surface area contributed by atoms with E-state index < -0.39 is 12.1 Å². The van der Waals surface area contributed by atoms with Crippen LogP contribution in [0, 0.1) is 0 Å². The van der Waals surface area contributed by atoms with Crippen molar-refractivity contribution in [3.8, 4) is 11.7 Å². The van der Waals surface area contributed by atoms with E-state index in [1.807, 2.05) is 0 Å². The lowest BCUT2D eigenvalue weighted by Gasteiger charge is -1.94. The van der Waals surface area contributed by atoms with Crippen LogP contribution in [0.25, 0.3) is 11.0 Å². The molecule has 0 radical (unpaired) electrons. The predicted molar refractivity (Wildman–Crippen MR) is 46.5 cm³/mol. The van der Waals surface area contributed by atoms with Gasteiger partial charge in [0.25, 0.3) is 0 Å². The number of carbonyl (C=O) groups is 1. The van der Waals surface area contributed by atoms with Crippen LogP contribution in [0.1, 0.15) is 0 Å². The maximum Gasteiger partial charge on any atom is 0.511 e. The lowest BCUT2D eigenvalue weighted by molar-refractivity contribution is 0.142. The molecule has 0 aliphatic heterocycles. The molecule has 72 valence electrons. The first-order valence-corrected chi connectivity index (χ1v) is 3.80. The zero-order valence-electron chi connectivity index (χ0n) is 6.93. The molecule has 5 nitrogen and oxygen atoms in total. The monoisotopic (exact) mass is 194 g/mol. The van der Waals surface area contributed by atoms with Gasteiger partial charge in [0, 0.05) is 0 Å². The minimum Gasteiger partial charge on any atom is -0.478 e. The highest BCUT2D eigenvalue weighted by atomic mass is 16.7. The van der Waals surface area contributed by atoms with Gasteiger partial charge in [0.1, 0.15) is 5.58 Å². The van der Waals surface area contributed by atoms with Crippen molar-refractivity contribution in [3.63, 3.8) is 0 Å². The van der Waals surface area contributed by atoms with Gasteiger partial charge < -0.3 is 19.4 Å². The zero-order valence-corrected chi connectivity index (χ0v) is 6.93. The minimum absolute atomic E-state index is 0.173. The van der Waals surface area contributed by atoms with Crippen molar-refractivity contribution in [1.82, 2.24) is 0 Å². The molecule has 0 saturated carbocycles. The molecule has 0 spiro atoms. The molecule has 2 rings (SSSR count). The van der Waals surface area contributed by atoms with Crippen LogP contribution in [-0.4, -0.2) is 16.4 Å². The number of furan rings is 1. The van der Waals surface area contributed by atoms with E-state index >= 15 is 0 Å². The first-order chi connectivity index (χ1) is 6.68. The number of ether oxygens (including phenoxy) is 1. The highest BCUT2D eigenvalue weighted by Gasteiger charge is 2.16. The molecule has 0 amide bonds. The molecule has 14 heavy (non-hydrogen) atoms. The second kappa shape index (κ2) is 2.95. The van der Waals surface area contributed by atoms with Crippen molar-refractivity contribution in [2.75, 3.05) is 0 Å². The van der Waals surface area contributed by atoms with Crippen molar-refractivity contribution in [2.45, 2.75) is 0 Å². The maximum absolute atomic E-state index is 10.3. The van der Waals surface area contributed by atoms with Crippen molar-refractivity contribution >= 4 is 17.1 Å². The molecule has 2 N–H and O–H groups in total. The molecular formula is C9H6O5. The van der Waals surface area contributed by atoms with E-state index in [1.165, 1.54) is 0 Å². The predicted octanol–water partition coefficient (Wildman–Crippen LogP) is 2.20. The van der Waals surface area contributed by atoms with E-state index in [0.717, 1.165) is 0 Å². The van der Waals surface area contributed by atoms with E-state index in [9.17, 15) is 9.90 Å². The molecule has 0 aliphatic carbocycles. The summed E-state index contributed by atoms with van der Waals surface area (Å²) in [6.07, 6.45) is -1.49. The van der Waals surface area contributed by atoms with Gasteiger partial charge in [0.2, 0.25) is 5.75 Å². The Hall–Kier alpha value is -2.17. The Morgan fingerprint density at radius 2 is 2.07 bits per heavy atom. The van der Waals surface area contributed by atoms with Crippen LogP contribution in [-0.2, 0) is 0 Å². The van der Waals surface area contributed by atoms with Gasteiger partial charge in [-0.2, -0.15) is 0 Å². The Morgan fingerprint density at radius 1 is 1.36 bits per heavy atom. The quantitative estimate of drug-likeness (QED) is 0.680. The van der Waals surface area contributed by atoms with Crippen molar-refractivity contribution in [2.24, 2.45) is 0 Å². The fourth-order valence-corrected chi connectivity index (χ4v) is 1.19. The largest absolute Gasteiger partial charge is 0.511 e. The maximum atomic E-state index is 10.3. The van der Waals surface area contributed by atoms with Crippen LogP contribution in [0.3, 0.4) is 0 Å². The van der Waals surface area contributed by atoms with E-state index in [-0.39, 0.29) is 5.75 Å². The number of benzene rings is 1. The van der Waals surface area contributed by atoms with Crippen LogP contribution >= 0.6 is 0 Å². The van der Waals surface area contributed by atoms with Gasteiger partial charge in [-0.25, -0.2) is 4.79 Å². The van der Waals surface area contributed by atoms with Crippen LogP contribution in [0.2, 0.25) is 0 Å². The Kier molecular flexibility index (Phi) is 1.78. The van der Waals surface area contributed by atoms with Gasteiger partial charge in [-0.3, -0.25) is 0 Å². The van der Waals surface area contributed by atoms with E-state index in [1.54, 1.807) is 24.3 Å². The summed E-state index contributed by atoms with van der Waals surface area (Å²) in [6, 6.07) is 6.59. The number of aromatic hydroxyl groups is 1. The van der Waals surface area contributed by atoms with Crippen LogP contribution in [0.15, 0.2) is 28.7 Å². The second-order valence-electron chi connectivity index (χ2n) is 2.60. The molecule has 1 aromatic carbocycles. The smallest absolute Gasteiger partial charge is 0.478 e. The fraction of sp³-hybridized carbons (Fsp3) is 0. The Labute approximate surface area is 78.1 Å². The number of rotatable bonds is 1. The van der Waals surface area contributed by atoms with E-state index in [0.29, 0.717) is 11.0 Å². The van der Waals surface area contributed by atoms with Gasteiger partial charge >= 0.3 is 12.1 Å². The lowest BCUT2D eigenvalue weighted by atomic mass is 10.2. The summed E-state index contributed by atoms with van der Waals surface area (Å²) in [5.74, 6) is -0.707. The summed E-state index contributed by atoms with van der Waals surface area (Å²) in [5, 5.41) is 18.0. The molecule has 0 unspecified atom stereocenters. The molecule has 0 saturated heterocycles. The van der Waals surface area contributed by atoms with Crippen molar-refractivity contribution in [3.05, 3.63) is 24.3 Å². The first-order valence-electron chi connectivity index (χ1n) is 3.80. The zero-order chi connectivity index (χ0) is 10.1. The highest BCUT2D eigenvalue weighted by molar-refractivity contribution is 5.88. The number of fused-ring (bicyclic) bond motifs is 1. The van der Waals surface area contributed by atoms with Crippen molar-refractivity contribution in [1.29, 1.82) is 0 Å². The standard InChI is InChI=1S/C9H6O5/c10-8-7(14-9(11)12)5-3-1-2-4-6(5)13-8/h1-4,10H,(H,11,12). The van der Waals surface area contributed by atoms with Gasteiger partial charge in [0.05, 0.1) is 5.39 Å². The second-order valence-corrected chi connectivity index (χ2v) is 2.60. The molecule has 5 heteroatoms. The fourth-order valence-electron chi connectivity index (χ4n) is 1.19. The number of para-hydroxylation sites is 1. The summed E-state index contributed by atoms with van der Waals surface area (Å²) in [4.78, 5) is 10.3. The molecular weight excluding hydrogens is 188 g/mol. The number of hydrogen-bond acceptors (Lipinski definition) is 4. The van der Waals surface area contributed by atoms with Crippen LogP contribution in [0.5, 0.6) is 11.7 Å².